The van der Waals surface area contributed by atoms with Crippen molar-refractivity contribution in [2.45, 2.75) is 54.1 Å². The van der Waals surface area contributed by atoms with Crippen molar-refractivity contribution < 1.29 is 18.7 Å². The van der Waals surface area contributed by atoms with E-state index in [0.29, 0.717) is 38.4 Å². The maximum absolute atomic E-state index is 14.5. The molecule has 1 fully saturated rings. The Morgan fingerprint density at radius 2 is 1.79 bits per heavy atom. The fourth-order valence-electron chi connectivity index (χ4n) is 4.78. The molecule has 4 rings (SSSR count). The molecule has 2 amide bonds. The number of benzene rings is 1. The van der Waals surface area contributed by atoms with Gasteiger partial charge in [-0.2, -0.15) is 0 Å². The molecule has 0 saturated carbocycles. The Morgan fingerprint density at radius 3 is 2.39 bits per heavy atom. The monoisotopic (exact) mass is 523 g/mol. The van der Waals surface area contributed by atoms with Crippen LogP contribution in [0.4, 0.5) is 20.6 Å². The minimum Gasteiger partial charge on any atom is -0.444 e. The maximum atomic E-state index is 14.5. The molecule has 0 radical (unpaired) electrons. The molecule has 1 aliphatic heterocycles. The van der Waals surface area contributed by atoms with E-state index in [1.807, 2.05) is 65.3 Å². The second-order valence-electron chi connectivity index (χ2n) is 11.0. The second-order valence-corrected chi connectivity index (χ2v) is 11.0. The van der Waals surface area contributed by atoms with Crippen molar-refractivity contribution in [2.75, 3.05) is 42.5 Å². The van der Waals surface area contributed by atoms with Gasteiger partial charge in [-0.1, -0.05) is 13.8 Å². The van der Waals surface area contributed by atoms with Crippen LogP contribution in [-0.2, 0) is 9.53 Å². The lowest BCUT2D eigenvalue weighted by atomic mass is 10.0. The van der Waals surface area contributed by atoms with Crippen molar-refractivity contribution in [2.24, 2.45) is 5.92 Å². The van der Waals surface area contributed by atoms with Crippen molar-refractivity contribution >= 4 is 28.9 Å². The summed E-state index contributed by atoms with van der Waals surface area (Å²) in [6, 6.07) is 6.68. The SMILES string of the molecule is CCN(C(=O)C(C)C)c1cc(F)ccc1-c1cc(N2CCN(C(=O)OC(C)(C)C)CC2)cn2c(C)ncc12. The van der Waals surface area contributed by atoms with Gasteiger partial charge in [0.25, 0.3) is 0 Å². The van der Waals surface area contributed by atoms with E-state index in [1.165, 1.54) is 12.1 Å². The first-order chi connectivity index (χ1) is 17.9. The average Bonchev–Trinajstić information content (AvgIpc) is 3.24. The van der Waals surface area contributed by atoms with Gasteiger partial charge in [0.15, 0.2) is 0 Å². The normalized spacial score (nSPS) is 14.3. The molecule has 0 aliphatic carbocycles. The highest BCUT2D eigenvalue weighted by atomic mass is 19.1. The minimum atomic E-state index is -0.538. The van der Waals surface area contributed by atoms with Crippen LogP contribution in [0.15, 0.2) is 36.7 Å². The van der Waals surface area contributed by atoms with Gasteiger partial charge in [-0.25, -0.2) is 14.2 Å². The summed E-state index contributed by atoms with van der Waals surface area (Å²) in [5.41, 5.74) is 3.47. The van der Waals surface area contributed by atoms with Gasteiger partial charge in [0.05, 0.1) is 23.1 Å². The molecule has 2 aromatic heterocycles. The lowest BCUT2D eigenvalue weighted by Crippen LogP contribution is -2.50. The van der Waals surface area contributed by atoms with Crippen LogP contribution < -0.4 is 9.80 Å². The molecule has 8 nitrogen and oxygen atoms in total. The van der Waals surface area contributed by atoms with Crippen LogP contribution in [-0.4, -0.2) is 64.6 Å². The van der Waals surface area contributed by atoms with E-state index in [-0.39, 0.29) is 17.9 Å². The second kappa shape index (κ2) is 10.6. The zero-order valence-corrected chi connectivity index (χ0v) is 23.4. The molecule has 9 heteroatoms. The Bertz CT molecular complexity index is 1340. The molecule has 0 spiro atoms. The molecular weight excluding hydrogens is 485 g/mol. The zero-order chi connectivity index (χ0) is 27.8. The number of halogens is 1. The minimum absolute atomic E-state index is 0.0607. The van der Waals surface area contributed by atoms with Gasteiger partial charge < -0.3 is 23.8 Å². The maximum Gasteiger partial charge on any atom is 0.410 e. The van der Waals surface area contributed by atoms with E-state index in [1.54, 1.807) is 15.9 Å². The molecule has 38 heavy (non-hydrogen) atoms. The first-order valence-electron chi connectivity index (χ1n) is 13.2. The lowest BCUT2D eigenvalue weighted by Gasteiger charge is -2.37. The van der Waals surface area contributed by atoms with E-state index in [2.05, 4.69) is 16.0 Å². The summed E-state index contributed by atoms with van der Waals surface area (Å²) in [5.74, 6) is 0.143. The van der Waals surface area contributed by atoms with Gasteiger partial charge in [-0.05, 0) is 58.9 Å². The molecular formula is C29H38FN5O3. The molecule has 3 heterocycles. The third-order valence-electron chi connectivity index (χ3n) is 6.72. The Balaban J connectivity index is 1.74. The van der Waals surface area contributed by atoms with E-state index < -0.39 is 11.4 Å². The number of carbonyl (C=O) groups excluding carboxylic acids is 2. The number of piperazine rings is 1. The molecule has 3 aromatic rings. The van der Waals surface area contributed by atoms with Gasteiger partial charge in [0.2, 0.25) is 5.91 Å². The van der Waals surface area contributed by atoms with E-state index in [4.69, 9.17) is 4.74 Å². The first kappa shape index (κ1) is 27.4. The Labute approximate surface area is 224 Å². The topological polar surface area (TPSA) is 70.4 Å². The fraction of sp³-hybridized carbons (Fsp3) is 0.483. The smallest absolute Gasteiger partial charge is 0.410 e. The molecule has 0 atom stereocenters. The molecule has 1 aliphatic rings. The van der Waals surface area contributed by atoms with Crippen LogP contribution >= 0.6 is 0 Å². The number of hydrogen-bond donors (Lipinski definition) is 0. The number of carbonyl (C=O) groups is 2. The lowest BCUT2D eigenvalue weighted by molar-refractivity contribution is -0.121. The summed E-state index contributed by atoms with van der Waals surface area (Å²) in [5, 5.41) is 0. The van der Waals surface area contributed by atoms with E-state index >= 15 is 0 Å². The number of nitrogens with zero attached hydrogens (tertiary/aromatic N) is 5. The standard InChI is InChI=1S/C29H38FN5O3/c1-8-34(27(36)19(2)3)25-15-21(30)9-10-23(25)24-16-22(18-35-20(4)31-17-26(24)35)32-11-13-33(14-12-32)28(37)38-29(5,6)7/h9-10,15-19H,8,11-14H2,1-7H3. The quantitative estimate of drug-likeness (QED) is 0.441. The van der Waals surface area contributed by atoms with Gasteiger partial charge in [-0.15, -0.1) is 0 Å². The van der Waals surface area contributed by atoms with Crippen LogP contribution in [0, 0.1) is 18.7 Å². The summed E-state index contributed by atoms with van der Waals surface area (Å²) < 4.78 is 22.1. The number of amides is 2. The predicted octanol–water partition coefficient (Wildman–Crippen LogP) is 5.51. The number of anilines is 2. The number of ether oxygens (including phenoxy) is 1. The molecule has 1 saturated heterocycles. The molecule has 1 aromatic carbocycles. The van der Waals surface area contributed by atoms with Crippen LogP contribution in [0.5, 0.6) is 0 Å². The fourth-order valence-corrected chi connectivity index (χ4v) is 4.78. The third kappa shape index (κ3) is 5.61. The highest BCUT2D eigenvalue weighted by molar-refractivity contribution is 6.00. The number of fused-ring (bicyclic) bond motifs is 1. The average molecular weight is 524 g/mol. The van der Waals surface area contributed by atoms with Gasteiger partial charge in [-0.3, -0.25) is 4.79 Å². The Morgan fingerprint density at radius 1 is 1.11 bits per heavy atom. The van der Waals surface area contributed by atoms with Gasteiger partial charge >= 0.3 is 6.09 Å². The zero-order valence-electron chi connectivity index (χ0n) is 23.4. The molecule has 0 N–H and O–H groups in total. The Hall–Kier alpha value is -3.62. The van der Waals surface area contributed by atoms with E-state index in [9.17, 15) is 14.0 Å². The first-order valence-corrected chi connectivity index (χ1v) is 13.2. The predicted molar refractivity (Wildman–Crippen MR) is 148 cm³/mol. The van der Waals surface area contributed by atoms with E-state index in [0.717, 1.165) is 28.2 Å². The summed E-state index contributed by atoms with van der Waals surface area (Å²) in [6.07, 6.45) is 3.55. The van der Waals surface area contributed by atoms with Crippen LogP contribution in [0.25, 0.3) is 16.6 Å². The number of aromatic nitrogens is 2. The highest BCUT2D eigenvalue weighted by Crippen LogP contribution is 2.37. The van der Waals surface area contributed by atoms with Crippen LogP contribution in [0.1, 0.15) is 47.4 Å². The van der Waals surface area contributed by atoms with Gasteiger partial charge in [0, 0.05) is 56.0 Å². The molecule has 0 unspecified atom stereocenters. The third-order valence-corrected chi connectivity index (χ3v) is 6.72. The number of rotatable bonds is 5. The van der Waals surface area contributed by atoms with Crippen molar-refractivity contribution in [3.63, 3.8) is 0 Å². The summed E-state index contributed by atoms with van der Waals surface area (Å²) >= 11 is 0. The summed E-state index contributed by atoms with van der Waals surface area (Å²) in [6.45, 7) is 15.9. The number of pyridine rings is 1. The molecule has 204 valence electrons. The summed E-state index contributed by atoms with van der Waals surface area (Å²) in [4.78, 5) is 35.8. The van der Waals surface area contributed by atoms with Crippen molar-refractivity contribution in [1.82, 2.24) is 14.3 Å². The van der Waals surface area contributed by atoms with Crippen LogP contribution in [0.2, 0.25) is 0 Å². The summed E-state index contributed by atoms with van der Waals surface area (Å²) in [7, 11) is 0. The Kier molecular flexibility index (Phi) is 7.67. The number of imidazole rings is 1. The van der Waals surface area contributed by atoms with Gasteiger partial charge in [0.1, 0.15) is 17.2 Å². The van der Waals surface area contributed by atoms with Crippen molar-refractivity contribution in [3.05, 3.63) is 48.3 Å². The largest absolute Gasteiger partial charge is 0.444 e. The highest BCUT2D eigenvalue weighted by Gasteiger charge is 2.27. The van der Waals surface area contributed by atoms with Crippen molar-refractivity contribution in [1.29, 1.82) is 0 Å². The number of hydrogen-bond acceptors (Lipinski definition) is 5. The number of aryl methyl sites for hydroxylation is 1. The molecule has 0 bridgehead atoms. The van der Waals surface area contributed by atoms with Crippen molar-refractivity contribution in [3.8, 4) is 11.1 Å². The van der Waals surface area contributed by atoms with Crippen LogP contribution in [0.3, 0.4) is 0 Å².